The minimum absolute atomic E-state index is 0.179. The molecule has 1 amide bonds. The van der Waals surface area contributed by atoms with Crippen molar-refractivity contribution in [2.45, 2.75) is 24.4 Å². The Bertz CT molecular complexity index is 1320. The number of nitrogens with one attached hydrogen (secondary N) is 1. The van der Waals surface area contributed by atoms with E-state index in [9.17, 15) is 4.79 Å². The van der Waals surface area contributed by atoms with Crippen molar-refractivity contribution in [2.75, 3.05) is 0 Å². The van der Waals surface area contributed by atoms with Gasteiger partial charge in [0.1, 0.15) is 0 Å². The molecule has 8 heteroatoms. The Labute approximate surface area is 212 Å². The van der Waals surface area contributed by atoms with Crippen LogP contribution in [0.5, 0.6) is 0 Å². The number of carbonyl (C=O) groups is 1. The molecule has 0 fully saturated rings. The number of aromatic nitrogens is 3. The highest BCUT2D eigenvalue weighted by atomic mass is 35.5. The van der Waals surface area contributed by atoms with Crippen molar-refractivity contribution >= 4 is 46.9 Å². The van der Waals surface area contributed by atoms with Crippen molar-refractivity contribution in [3.8, 4) is 5.69 Å². The number of hydrogen-bond donors (Lipinski definition) is 1. The summed E-state index contributed by atoms with van der Waals surface area (Å²) in [5.41, 5.74) is 4.02. The highest BCUT2D eigenvalue weighted by molar-refractivity contribution is 7.98. The molecule has 0 bridgehead atoms. The number of carbonyl (C=O) groups excluding carboxylic acids is 1. The Hall–Kier alpha value is -3.06. The van der Waals surface area contributed by atoms with E-state index in [1.165, 1.54) is 17.2 Å². The van der Waals surface area contributed by atoms with E-state index >= 15 is 0 Å². The van der Waals surface area contributed by atoms with Crippen LogP contribution in [0.15, 0.2) is 84.0 Å². The van der Waals surface area contributed by atoms with E-state index in [1.807, 2.05) is 47.0 Å². The number of rotatable bonds is 8. The van der Waals surface area contributed by atoms with Crippen LogP contribution in [0, 0.1) is 6.92 Å². The first-order valence-electron chi connectivity index (χ1n) is 10.6. The molecule has 0 radical (unpaired) electrons. The zero-order valence-electron chi connectivity index (χ0n) is 18.4. The second-order valence-electron chi connectivity index (χ2n) is 7.51. The summed E-state index contributed by atoms with van der Waals surface area (Å²) in [5, 5.41) is 13.3. The minimum Gasteiger partial charge on any atom is -0.345 e. The molecular formula is C26H22Cl2N4OS. The molecule has 34 heavy (non-hydrogen) atoms. The maximum Gasteiger partial charge on any atom is 0.244 e. The first kappa shape index (κ1) is 24.1. The smallest absolute Gasteiger partial charge is 0.244 e. The van der Waals surface area contributed by atoms with Gasteiger partial charge >= 0.3 is 0 Å². The lowest BCUT2D eigenvalue weighted by molar-refractivity contribution is -0.116. The number of thioether (sulfide) groups is 1. The molecular weight excluding hydrogens is 487 g/mol. The quantitative estimate of drug-likeness (QED) is 0.218. The zero-order valence-corrected chi connectivity index (χ0v) is 20.7. The van der Waals surface area contributed by atoms with E-state index in [0.29, 0.717) is 26.7 Å². The van der Waals surface area contributed by atoms with Crippen molar-refractivity contribution in [3.63, 3.8) is 0 Å². The summed E-state index contributed by atoms with van der Waals surface area (Å²) in [7, 11) is 0. The highest BCUT2D eigenvalue weighted by Crippen LogP contribution is 2.31. The first-order valence-corrected chi connectivity index (χ1v) is 12.3. The third-order valence-corrected chi connectivity index (χ3v) is 6.65. The maximum absolute atomic E-state index is 12.4. The van der Waals surface area contributed by atoms with Crippen LogP contribution in [0.1, 0.15) is 22.5 Å². The summed E-state index contributed by atoms with van der Waals surface area (Å²) in [6, 6.07) is 23.1. The lowest BCUT2D eigenvalue weighted by atomic mass is 10.1. The van der Waals surface area contributed by atoms with Gasteiger partial charge in [0.05, 0.1) is 17.3 Å². The fourth-order valence-electron chi connectivity index (χ4n) is 3.28. The third kappa shape index (κ3) is 6.08. The van der Waals surface area contributed by atoms with Crippen molar-refractivity contribution in [1.82, 2.24) is 20.1 Å². The van der Waals surface area contributed by atoms with E-state index in [0.717, 1.165) is 11.3 Å². The van der Waals surface area contributed by atoms with Crippen LogP contribution in [-0.2, 0) is 17.1 Å². The molecule has 0 aliphatic heterocycles. The van der Waals surface area contributed by atoms with Crippen LogP contribution in [0.3, 0.4) is 0 Å². The topological polar surface area (TPSA) is 59.8 Å². The summed E-state index contributed by atoms with van der Waals surface area (Å²) < 4.78 is 1.85. The lowest BCUT2D eigenvalue weighted by Gasteiger charge is -2.13. The van der Waals surface area contributed by atoms with E-state index in [-0.39, 0.29) is 12.5 Å². The van der Waals surface area contributed by atoms with E-state index in [1.54, 1.807) is 36.0 Å². The SMILES string of the molecule is Cc1ccccc1CSc1nnc(CNC(=O)C=Cc2ccccc2)n1-c1cc(Cl)ccc1Cl. The summed E-state index contributed by atoms with van der Waals surface area (Å²) >= 11 is 14.3. The lowest BCUT2D eigenvalue weighted by Crippen LogP contribution is -2.22. The molecule has 1 aromatic heterocycles. The zero-order chi connectivity index (χ0) is 23.9. The van der Waals surface area contributed by atoms with Gasteiger partial charge in [-0.3, -0.25) is 9.36 Å². The molecule has 0 atom stereocenters. The van der Waals surface area contributed by atoms with Crippen LogP contribution in [0.25, 0.3) is 11.8 Å². The molecule has 3 aromatic carbocycles. The van der Waals surface area contributed by atoms with Gasteiger partial charge in [0, 0.05) is 16.9 Å². The molecule has 0 spiro atoms. The molecule has 172 valence electrons. The van der Waals surface area contributed by atoms with Crippen LogP contribution in [0.2, 0.25) is 10.0 Å². The van der Waals surface area contributed by atoms with E-state index in [2.05, 4.69) is 34.6 Å². The predicted octanol–water partition coefficient (Wildman–Crippen LogP) is 6.50. The largest absolute Gasteiger partial charge is 0.345 e. The second kappa shape index (κ2) is 11.4. The van der Waals surface area contributed by atoms with Crippen molar-refractivity contribution < 1.29 is 4.79 Å². The third-order valence-electron chi connectivity index (χ3n) is 5.11. The van der Waals surface area contributed by atoms with Crippen LogP contribution in [-0.4, -0.2) is 20.7 Å². The van der Waals surface area contributed by atoms with Crippen LogP contribution in [0.4, 0.5) is 0 Å². The minimum atomic E-state index is -0.232. The molecule has 5 nitrogen and oxygen atoms in total. The Morgan fingerprint density at radius 3 is 2.59 bits per heavy atom. The fourth-order valence-corrected chi connectivity index (χ4v) is 4.69. The fraction of sp³-hybridized carbons (Fsp3) is 0.115. The standard InChI is InChI=1S/C26H22Cl2N4OS/c1-18-7-5-6-10-20(18)17-34-26-31-30-24(32(26)23-15-21(27)12-13-22(23)28)16-29-25(33)14-11-19-8-3-2-4-9-19/h2-15H,16-17H2,1H3,(H,29,33). The second-order valence-corrected chi connectivity index (χ2v) is 9.29. The van der Waals surface area contributed by atoms with Gasteiger partial charge in [0.15, 0.2) is 11.0 Å². The first-order chi connectivity index (χ1) is 16.5. The Morgan fingerprint density at radius 2 is 1.79 bits per heavy atom. The molecule has 0 aliphatic carbocycles. The molecule has 4 rings (SSSR count). The molecule has 1 N–H and O–H groups in total. The highest BCUT2D eigenvalue weighted by Gasteiger charge is 2.18. The van der Waals surface area contributed by atoms with Gasteiger partial charge in [-0.15, -0.1) is 10.2 Å². The molecule has 0 aliphatic rings. The Kier molecular flexibility index (Phi) is 8.06. The van der Waals surface area contributed by atoms with E-state index in [4.69, 9.17) is 23.2 Å². The molecule has 4 aromatic rings. The Morgan fingerprint density at radius 1 is 1.03 bits per heavy atom. The van der Waals surface area contributed by atoms with Gasteiger partial charge < -0.3 is 5.32 Å². The van der Waals surface area contributed by atoms with Gasteiger partial charge in [-0.2, -0.15) is 0 Å². The average molecular weight is 509 g/mol. The summed E-state index contributed by atoms with van der Waals surface area (Å²) in [4.78, 5) is 12.4. The number of hydrogen-bond acceptors (Lipinski definition) is 4. The predicted molar refractivity (Wildman–Crippen MR) is 139 cm³/mol. The number of benzene rings is 3. The van der Waals surface area contributed by atoms with Gasteiger partial charge in [0.25, 0.3) is 0 Å². The van der Waals surface area contributed by atoms with Gasteiger partial charge in [-0.25, -0.2) is 0 Å². The van der Waals surface area contributed by atoms with Gasteiger partial charge in [0.2, 0.25) is 5.91 Å². The molecule has 0 saturated heterocycles. The summed E-state index contributed by atoms with van der Waals surface area (Å²) in [5.74, 6) is 1.04. The Balaban J connectivity index is 1.56. The summed E-state index contributed by atoms with van der Waals surface area (Å²) in [6.45, 7) is 2.26. The number of amides is 1. The molecule has 1 heterocycles. The summed E-state index contributed by atoms with van der Waals surface area (Å²) in [6.07, 6.45) is 3.26. The number of nitrogens with zero attached hydrogens (tertiary/aromatic N) is 3. The number of halogens is 2. The normalized spacial score (nSPS) is 11.1. The van der Waals surface area contributed by atoms with Crippen LogP contribution >= 0.6 is 35.0 Å². The average Bonchev–Trinajstić information content (AvgIpc) is 3.25. The van der Waals surface area contributed by atoms with Crippen molar-refractivity contribution in [3.05, 3.63) is 111 Å². The van der Waals surface area contributed by atoms with Crippen LogP contribution < -0.4 is 5.32 Å². The monoisotopic (exact) mass is 508 g/mol. The molecule has 0 saturated carbocycles. The molecule has 0 unspecified atom stereocenters. The van der Waals surface area contributed by atoms with Gasteiger partial charge in [-0.05, 0) is 47.9 Å². The van der Waals surface area contributed by atoms with Gasteiger partial charge in [-0.1, -0.05) is 89.6 Å². The van der Waals surface area contributed by atoms with Crippen molar-refractivity contribution in [2.24, 2.45) is 0 Å². The number of aryl methyl sites for hydroxylation is 1. The van der Waals surface area contributed by atoms with E-state index < -0.39 is 0 Å². The van der Waals surface area contributed by atoms with Crippen molar-refractivity contribution in [1.29, 1.82) is 0 Å². The maximum atomic E-state index is 12.4.